The van der Waals surface area contributed by atoms with Crippen molar-refractivity contribution < 1.29 is 18.0 Å². The van der Waals surface area contributed by atoms with E-state index in [4.69, 9.17) is 0 Å². The van der Waals surface area contributed by atoms with Crippen LogP contribution in [0.1, 0.15) is 35.3 Å². The van der Waals surface area contributed by atoms with Gasteiger partial charge in [0.05, 0.1) is 4.90 Å². The summed E-state index contributed by atoms with van der Waals surface area (Å²) in [6.07, 6.45) is 3.69. The van der Waals surface area contributed by atoms with Crippen molar-refractivity contribution in [2.24, 2.45) is 0 Å². The molecule has 0 bridgehead atoms. The number of pyridine rings is 1. The fourth-order valence-corrected chi connectivity index (χ4v) is 4.34. The van der Waals surface area contributed by atoms with Crippen molar-refractivity contribution >= 4 is 21.7 Å². The third-order valence-electron chi connectivity index (χ3n) is 4.43. The third-order valence-corrected chi connectivity index (χ3v) is 6.53. The zero-order chi connectivity index (χ0) is 20.7. The van der Waals surface area contributed by atoms with Crippen molar-refractivity contribution in [3.8, 4) is 0 Å². The molecule has 1 aromatic heterocycles. The highest BCUT2D eigenvalue weighted by Crippen LogP contribution is 2.29. The van der Waals surface area contributed by atoms with Gasteiger partial charge in [-0.05, 0) is 55.2 Å². The van der Waals surface area contributed by atoms with Crippen molar-refractivity contribution in [1.29, 1.82) is 0 Å². The Labute approximate surface area is 165 Å². The molecule has 0 fully saturated rings. The molecule has 0 radical (unpaired) electrons. The van der Waals surface area contributed by atoms with Gasteiger partial charge in [-0.25, -0.2) is 8.42 Å². The van der Waals surface area contributed by atoms with Crippen LogP contribution in [0.5, 0.6) is 0 Å². The number of benzene rings is 1. The highest BCUT2D eigenvalue weighted by molar-refractivity contribution is 7.91. The molecule has 8 heteroatoms. The number of rotatable bonds is 7. The number of aromatic nitrogens is 1. The SMILES string of the molecule is CCCNC(=O)C(=O)NC[C@@H](c1cccnc1)S(=O)(=O)c1ccc(C)c(C)c1. The van der Waals surface area contributed by atoms with Crippen molar-refractivity contribution in [2.45, 2.75) is 37.3 Å². The van der Waals surface area contributed by atoms with Gasteiger partial charge < -0.3 is 10.6 Å². The Hall–Kier alpha value is -2.74. The van der Waals surface area contributed by atoms with Gasteiger partial charge in [-0.15, -0.1) is 0 Å². The summed E-state index contributed by atoms with van der Waals surface area (Å²) < 4.78 is 26.5. The molecule has 0 aliphatic carbocycles. The minimum Gasteiger partial charge on any atom is -0.348 e. The maximum atomic E-state index is 13.3. The molecule has 1 heterocycles. The van der Waals surface area contributed by atoms with Gasteiger partial charge in [-0.2, -0.15) is 0 Å². The number of hydrogen-bond donors (Lipinski definition) is 2. The molecule has 7 nitrogen and oxygen atoms in total. The second-order valence-corrected chi connectivity index (χ2v) is 8.66. The van der Waals surface area contributed by atoms with Gasteiger partial charge in [-0.1, -0.05) is 19.1 Å². The van der Waals surface area contributed by atoms with Crippen molar-refractivity contribution in [3.05, 3.63) is 59.4 Å². The largest absolute Gasteiger partial charge is 0.348 e. The number of carbonyl (C=O) groups is 2. The van der Waals surface area contributed by atoms with E-state index >= 15 is 0 Å². The highest BCUT2D eigenvalue weighted by atomic mass is 32.2. The molecule has 1 aromatic carbocycles. The van der Waals surface area contributed by atoms with Crippen LogP contribution in [0, 0.1) is 13.8 Å². The smallest absolute Gasteiger partial charge is 0.309 e. The lowest BCUT2D eigenvalue weighted by Crippen LogP contribution is -2.42. The van der Waals surface area contributed by atoms with Crippen LogP contribution in [0.15, 0.2) is 47.6 Å². The molecule has 0 aliphatic rings. The second-order valence-electron chi connectivity index (χ2n) is 6.53. The van der Waals surface area contributed by atoms with Crippen LogP contribution in [-0.4, -0.2) is 38.3 Å². The fraction of sp³-hybridized carbons (Fsp3) is 0.350. The number of nitrogens with one attached hydrogen (secondary N) is 2. The summed E-state index contributed by atoms with van der Waals surface area (Å²) >= 11 is 0. The molecular weight excluding hydrogens is 378 g/mol. The van der Waals surface area contributed by atoms with E-state index in [0.29, 0.717) is 18.5 Å². The Balaban J connectivity index is 2.31. The van der Waals surface area contributed by atoms with Gasteiger partial charge in [0.15, 0.2) is 9.84 Å². The molecule has 28 heavy (non-hydrogen) atoms. The number of hydrogen-bond acceptors (Lipinski definition) is 5. The van der Waals surface area contributed by atoms with Crippen LogP contribution < -0.4 is 10.6 Å². The average Bonchev–Trinajstić information content (AvgIpc) is 2.68. The Morgan fingerprint density at radius 2 is 1.79 bits per heavy atom. The Morgan fingerprint density at radius 3 is 2.39 bits per heavy atom. The topological polar surface area (TPSA) is 105 Å². The molecule has 0 spiro atoms. The van der Waals surface area contributed by atoms with Crippen LogP contribution in [0.2, 0.25) is 0 Å². The van der Waals surface area contributed by atoms with E-state index in [1.807, 2.05) is 20.8 Å². The first kappa shape index (κ1) is 21.6. The lowest BCUT2D eigenvalue weighted by molar-refractivity contribution is -0.139. The van der Waals surface area contributed by atoms with Gasteiger partial charge in [0.2, 0.25) is 0 Å². The van der Waals surface area contributed by atoms with E-state index in [9.17, 15) is 18.0 Å². The molecule has 2 rings (SSSR count). The van der Waals surface area contributed by atoms with Crippen LogP contribution >= 0.6 is 0 Å². The van der Waals surface area contributed by atoms with E-state index in [1.54, 1.807) is 36.5 Å². The average molecular weight is 404 g/mol. The minimum absolute atomic E-state index is 0.161. The Morgan fingerprint density at radius 1 is 1.07 bits per heavy atom. The van der Waals surface area contributed by atoms with Gasteiger partial charge in [-0.3, -0.25) is 14.6 Å². The molecule has 150 valence electrons. The Kier molecular flexibility index (Phi) is 7.28. The summed E-state index contributed by atoms with van der Waals surface area (Å²) in [7, 11) is -3.82. The van der Waals surface area contributed by atoms with Gasteiger partial charge in [0.1, 0.15) is 5.25 Å². The summed E-state index contributed by atoms with van der Waals surface area (Å²) in [5.41, 5.74) is 2.28. The summed E-state index contributed by atoms with van der Waals surface area (Å²) in [6, 6.07) is 8.19. The van der Waals surface area contributed by atoms with Crippen LogP contribution in [0.25, 0.3) is 0 Å². The molecular formula is C20H25N3O4S. The first-order valence-electron chi connectivity index (χ1n) is 9.04. The highest BCUT2D eigenvalue weighted by Gasteiger charge is 2.30. The number of amides is 2. The van der Waals surface area contributed by atoms with Crippen molar-refractivity contribution in [2.75, 3.05) is 13.1 Å². The lowest BCUT2D eigenvalue weighted by Gasteiger charge is -2.19. The quantitative estimate of drug-likeness (QED) is 0.687. The molecule has 0 aliphatic heterocycles. The number of aryl methyl sites for hydroxylation is 2. The zero-order valence-corrected chi connectivity index (χ0v) is 17.0. The number of carbonyl (C=O) groups excluding carboxylic acids is 2. The maximum absolute atomic E-state index is 13.3. The van der Waals surface area contributed by atoms with E-state index in [0.717, 1.165) is 11.1 Å². The van der Waals surface area contributed by atoms with Gasteiger partial charge >= 0.3 is 11.8 Å². The van der Waals surface area contributed by atoms with Gasteiger partial charge in [0.25, 0.3) is 0 Å². The van der Waals surface area contributed by atoms with Crippen LogP contribution in [-0.2, 0) is 19.4 Å². The van der Waals surface area contributed by atoms with Crippen LogP contribution in [0.4, 0.5) is 0 Å². The summed E-state index contributed by atoms with van der Waals surface area (Å²) in [6.45, 7) is 5.75. The first-order chi connectivity index (χ1) is 13.3. The second kappa shape index (κ2) is 9.45. The number of sulfone groups is 1. The predicted molar refractivity (Wildman–Crippen MR) is 106 cm³/mol. The predicted octanol–water partition coefficient (Wildman–Crippen LogP) is 1.86. The lowest BCUT2D eigenvalue weighted by atomic mass is 10.1. The molecule has 0 saturated heterocycles. The van der Waals surface area contributed by atoms with Crippen molar-refractivity contribution in [1.82, 2.24) is 15.6 Å². The van der Waals surface area contributed by atoms with Crippen molar-refractivity contribution in [3.63, 3.8) is 0 Å². The van der Waals surface area contributed by atoms with Crippen LogP contribution in [0.3, 0.4) is 0 Å². The third kappa shape index (κ3) is 5.16. The summed E-state index contributed by atoms with van der Waals surface area (Å²) in [4.78, 5) is 27.9. The van der Waals surface area contributed by atoms with E-state index in [1.165, 1.54) is 6.20 Å². The van der Waals surface area contributed by atoms with E-state index in [2.05, 4.69) is 15.6 Å². The molecule has 1 atom stereocenters. The molecule has 2 amide bonds. The molecule has 0 unspecified atom stereocenters. The molecule has 0 saturated carbocycles. The maximum Gasteiger partial charge on any atom is 0.309 e. The molecule has 2 aromatic rings. The van der Waals surface area contributed by atoms with Gasteiger partial charge in [0, 0.05) is 25.5 Å². The van der Waals surface area contributed by atoms with E-state index in [-0.39, 0.29) is 11.4 Å². The standard InChI is InChI=1S/C20H25N3O4S/c1-4-9-22-19(24)20(25)23-13-18(16-6-5-10-21-12-16)28(26,27)17-8-7-14(2)15(3)11-17/h5-8,10-12,18H,4,9,13H2,1-3H3,(H,22,24)(H,23,25)/t18-/m0/s1. The summed E-state index contributed by atoms with van der Waals surface area (Å²) in [5.74, 6) is -1.65. The number of nitrogens with zero attached hydrogens (tertiary/aromatic N) is 1. The van der Waals surface area contributed by atoms with E-state index < -0.39 is 26.9 Å². The normalized spacial score (nSPS) is 12.2. The monoisotopic (exact) mass is 403 g/mol. The Bertz CT molecular complexity index is 943. The zero-order valence-electron chi connectivity index (χ0n) is 16.2. The minimum atomic E-state index is -3.82. The molecule has 2 N–H and O–H groups in total. The fourth-order valence-electron chi connectivity index (χ4n) is 2.61. The first-order valence-corrected chi connectivity index (χ1v) is 10.6. The summed E-state index contributed by atoms with van der Waals surface area (Å²) in [5, 5.41) is 3.84.